The van der Waals surface area contributed by atoms with Crippen LogP contribution in [0, 0.1) is 11.3 Å². The number of hydrogen-bond acceptors (Lipinski definition) is 6. The van der Waals surface area contributed by atoms with E-state index in [0.717, 1.165) is 0 Å². The lowest BCUT2D eigenvalue weighted by Gasteiger charge is -2.11. The Hall–Kier alpha value is -3.46. The van der Waals surface area contributed by atoms with Crippen LogP contribution in [0.4, 0.5) is 0 Å². The number of para-hydroxylation sites is 1. The quantitative estimate of drug-likeness (QED) is 0.575. The fourth-order valence-electron chi connectivity index (χ4n) is 2.73. The average molecular weight is 365 g/mol. The highest BCUT2D eigenvalue weighted by atomic mass is 16.5. The molecule has 2 aromatic carbocycles. The van der Waals surface area contributed by atoms with Crippen LogP contribution in [-0.2, 0) is 11.3 Å². The van der Waals surface area contributed by atoms with Gasteiger partial charge in [0.05, 0.1) is 24.8 Å². The van der Waals surface area contributed by atoms with Gasteiger partial charge in [0.1, 0.15) is 17.8 Å². The summed E-state index contributed by atoms with van der Waals surface area (Å²) in [5, 5.41) is 9.72. The van der Waals surface area contributed by atoms with Gasteiger partial charge in [0.15, 0.2) is 17.3 Å². The Morgan fingerprint density at radius 3 is 2.63 bits per heavy atom. The summed E-state index contributed by atoms with van der Waals surface area (Å²) >= 11 is 0. The Labute approximate surface area is 156 Å². The number of carbonyl (C=O) groups excluding carboxylic acids is 1. The topological polar surface area (TPSA) is 81.7 Å². The number of ether oxygens (including phenoxy) is 3. The second-order valence-corrected chi connectivity index (χ2v) is 5.61. The summed E-state index contributed by atoms with van der Waals surface area (Å²) < 4.78 is 22.4. The molecule has 0 aliphatic carbocycles. The monoisotopic (exact) mass is 365 g/mol. The molecule has 3 rings (SSSR count). The van der Waals surface area contributed by atoms with Crippen molar-refractivity contribution in [2.75, 3.05) is 13.2 Å². The van der Waals surface area contributed by atoms with Crippen LogP contribution in [-0.4, -0.2) is 19.2 Å². The highest BCUT2D eigenvalue weighted by Gasteiger charge is 2.22. The first-order valence-electron chi connectivity index (χ1n) is 8.65. The first-order valence-corrected chi connectivity index (χ1v) is 8.65. The molecule has 0 amide bonds. The van der Waals surface area contributed by atoms with Gasteiger partial charge in [-0.25, -0.2) is 4.79 Å². The largest absolute Gasteiger partial charge is 0.490 e. The highest BCUT2D eigenvalue weighted by molar-refractivity contribution is 6.04. The van der Waals surface area contributed by atoms with E-state index in [1.54, 1.807) is 31.2 Å². The summed E-state index contributed by atoms with van der Waals surface area (Å²) in [5.74, 6) is 0.851. The van der Waals surface area contributed by atoms with Crippen molar-refractivity contribution in [1.29, 1.82) is 5.26 Å². The predicted octanol–water partition coefficient (Wildman–Crippen LogP) is 4.46. The average Bonchev–Trinajstić information content (AvgIpc) is 3.05. The number of benzene rings is 2. The van der Waals surface area contributed by atoms with Gasteiger partial charge in [-0.3, -0.25) is 0 Å². The molecule has 1 aromatic heterocycles. The molecule has 0 saturated heterocycles. The molecular formula is C21H19NO5. The van der Waals surface area contributed by atoms with Crippen LogP contribution >= 0.6 is 0 Å². The van der Waals surface area contributed by atoms with Gasteiger partial charge in [0.25, 0.3) is 0 Å². The number of nitrogens with zero attached hydrogens (tertiary/aromatic N) is 1. The third-order valence-corrected chi connectivity index (χ3v) is 3.88. The summed E-state index contributed by atoms with van der Waals surface area (Å²) in [7, 11) is 0. The molecule has 0 saturated carbocycles. The van der Waals surface area contributed by atoms with Gasteiger partial charge in [-0.1, -0.05) is 18.2 Å². The van der Waals surface area contributed by atoms with Crippen molar-refractivity contribution in [1.82, 2.24) is 0 Å². The second-order valence-electron chi connectivity index (χ2n) is 5.61. The predicted molar refractivity (Wildman–Crippen MR) is 98.8 cm³/mol. The zero-order valence-corrected chi connectivity index (χ0v) is 15.2. The molecule has 0 fully saturated rings. The highest BCUT2D eigenvalue weighted by Crippen LogP contribution is 2.31. The molecule has 0 unspecified atom stereocenters. The Morgan fingerprint density at radius 2 is 1.89 bits per heavy atom. The molecular weight excluding hydrogens is 346 g/mol. The zero-order valence-electron chi connectivity index (χ0n) is 15.2. The third kappa shape index (κ3) is 3.87. The van der Waals surface area contributed by atoms with E-state index in [2.05, 4.69) is 6.07 Å². The van der Waals surface area contributed by atoms with Gasteiger partial charge in [0, 0.05) is 11.5 Å². The lowest BCUT2D eigenvalue weighted by Crippen LogP contribution is -2.08. The Bertz CT molecular complexity index is 999. The van der Waals surface area contributed by atoms with Crippen molar-refractivity contribution in [2.45, 2.75) is 20.5 Å². The number of furan rings is 1. The van der Waals surface area contributed by atoms with E-state index in [-0.39, 0.29) is 13.2 Å². The Morgan fingerprint density at radius 1 is 1.07 bits per heavy atom. The van der Waals surface area contributed by atoms with Crippen molar-refractivity contribution in [2.24, 2.45) is 0 Å². The summed E-state index contributed by atoms with van der Waals surface area (Å²) in [4.78, 5) is 12.4. The lowest BCUT2D eigenvalue weighted by molar-refractivity contribution is 0.0523. The molecule has 0 aliphatic heterocycles. The minimum atomic E-state index is -0.453. The van der Waals surface area contributed by atoms with Gasteiger partial charge in [0.2, 0.25) is 0 Å². The third-order valence-electron chi connectivity index (χ3n) is 3.88. The van der Waals surface area contributed by atoms with E-state index in [4.69, 9.17) is 23.9 Å². The smallest absolute Gasteiger partial charge is 0.342 e. The van der Waals surface area contributed by atoms with Crippen LogP contribution in [0.3, 0.4) is 0 Å². The standard InChI is InChI=1S/C21H19NO5/c1-3-24-18-11-14(12-22)9-10-17(18)26-13-19-20(21(23)25-4-2)15-7-5-6-8-16(15)27-19/h5-11H,3-4,13H2,1-2H3. The van der Waals surface area contributed by atoms with Crippen LogP contribution in [0.1, 0.15) is 35.5 Å². The summed E-state index contributed by atoms with van der Waals surface area (Å²) in [6.45, 7) is 4.32. The van der Waals surface area contributed by atoms with E-state index in [9.17, 15) is 4.79 Å². The number of rotatable bonds is 7. The fourth-order valence-corrected chi connectivity index (χ4v) is 2.73. The normalized spacial score (nSPS) is 10.4. The van der Waals surface area contributed by atoms with E-state index in [1.165, 1.54) is 0 Å². The molecule has 0 N–H and O–H groups in total. The zero-order chi connectivity index (χ0) is 19.2. The number of esters is 1. The molecule has 138 valence electrons. The van der Waals surface area contributed by atoms with Crippen LogP contribution < -0.4 is 9.47 Å². The Kier molecular flexibility index (Phi) is 5.62. The van der Waals surface area contributed by atoms with E-state index in [0.29, 0.717) is 46.0 Å². The maximum absolute atomic E-state index is 12.4. The molecule has 0 spiro atoms. The van der Waals surface area contributed by atoms with Crippen molar-refractivity contribution >= 4 is 16.9 Å². The van der Waals surface area contributed by atoms with Crippen LogP contribution in [0.15, 0.2) is 46.9 Å². The van der Waals surface area contributed by atoms with Crippen molar-refractivity contribution in [3.05, 3.63) is 59.4 Å². The number of fused-ring (bicyclic) bond motifs is 1. The minimum Gasteiger partial charge on any atom is -0.490 e. The lowest BCUT2D eigenvalue weighted by atomic mass is 10.1. The Balaban J connectivity index is 1.92. The maximum Gasteiger partial charge on any atom is 0.342 e. The number of carbonyl (C=O) groups is 1. The van der Waals surface area contributed by atoms with E-state index >= 15 is 0 Å². The fraction of sp³-hybridized carbons (Fsp3) is 0.238. The first kappa shape index (κ1) is 18.3. The molecule has 27 heavy (non-hydrogen) atoms. The maximum atomic E-state index is 12.4. The summed E-state index contributed by atoms with van der Waals surface area (Å²) in [6, 6.07) is 14.2. The molecule has 1 heterocycles. The van der Waals surface area contributed by atoms with Gasteiger partial charge in [-0.2, -0.15) is 5.26 Å². The first-order chi connectivity index (χ1) is 13.2. The molecule has 0 radical (unpaired) electrons. The molecule has 3 aromatic rings. The molecule has 6 nitrogen and oxygen atoms in total. The molecule has 0 aliphatic rings. The van der Waals surface area contributed by atoms with Crippen LogP contribution in [0.25, 0.3) is 11.0 Å². The SMILES string of the molecule is CCOC(=O)c1c(COc2ccc(C#N)cc2OCC)oc2ccccc12. The van der Waals surface area contributed by atoms with Crippen LogP contribution in [0.2, 0.25) is 0 Å². The van der Waals surface area contributed by atoms with Crippen LogP contribution in [0.5, 0.6) is 11.5 Å². The number of nitriles is 1. The molecule has 6 heteroatoms. The minimum absolute atomic E-state index is 0.0226. The van der Waals surface area contributed by atoms with E-state index < -0.39 is 5.97 Å². The summed E-state index contributed by atoms with van der Waals surface area (Å²) in [5.41, 5.74) is 1.42. The van der Waals surface area contributed by atoms with Gasteiger partial charge in [-0.15, -0.1) is 0 Å². The van der Waals surface area contributed by atoms with Crippen molar-refractivity contribution in [3.8, 4) is 17.6 Å². The summed E-state index contributed by atoms with van der Waals surface area (Å²) in [6.07, 6.45) is 0. The molecule has 0 atom stereocenters. The van der Waals surface area contributed by atoms with Crippen molar-refractivity contribution in [3.63, 3.8) is 0 Å². The second kappa shape index (κ2) is 8.28. The molecule has 0 bridgehead atoms. The van der Waals surface area contributed by atoms with E-state index in [1.807, 2.05) is 25.1 Å². The van der Waals surface area contributed by atoms with Gasteiger partial charge >= 0.3 is 5.97 Å². The van der Waals surface area contributed by atoms with Gasteiger partial charge < -0.3 is 18.6 Å². The van der Waals surface area contributed by atoms with Gasteiger partial charge in [-0.05, 0) is 32.0 Å². The number of hydrogen-bond donors (Lipinski definition) is 0. The van der Waals surface area contributed by atoms with Crippen molar-refractivity contribution < 1.29 is 23.4 Å².